The smallest absolute Gasteiger partial charge is 0.330 e. The number of esters is 1. The summed E-state index contributed by atoms with van der Waals surface area (Å²) in [6.45, 7) is 0. The van der Waals surface area contributed by atoms with Crippen molar-refractivity contribution in [1.82, 2.24) is 0 Å². The van der Waals surface area contributed by atoms with Gasteiger partial charge in [-0.05, 0) is 39.3 Å². The molecule has 0 N–H and O–H groups in total. The minimum absolute atomic E-state index is 0.345. The summed E-state index contributed by atoms with van der Waals surface area (Å²) in [5, 5.41) is 4.59. The van der Waals surface area contributed by atoms with Crippen LogP contribution in [0.1, 0.15) is 5.56 Å². The van der Waals surface area contributed by atoms with E-state index < -0.39 is 0 Å². The second-order valence-electron chi connectivity index (χ2n) is 4.59. The Balaban J connectivity index is 2.33. The number of methoxy groups -OCH3 is 1. The fourth-order valence-electron chi connectivity index (χ4n) is 2.45. The number of hydrogen-bond acceptors (Lipinski definition) is 2. The van der Waals surface area contributed by atoms with Gasteiger partial charge in [0.15, 0.2) is 0 Å². The van der Waals surface area contributed by atoms with Gasteiger partial charge in [0.1, 0.15) is 0 Å². The normalized spacial score (nSPS) is 11.2. The van der Waals surface area contributed by atoms with Crippen molar-refractivity contribution in [3.63, 3.8) is 0 Å². The Kier molecular flexibility index (Phi) is 3.21. The lowest BCUT2D eigenvalue weighted by molar-refractivity contribution is -0.134. The van der Waals surface area contributed by atoms with Gasteiger partial charge in [0.2, 0.25) is 0 Å². The molecule has 2 heteroatoms. The van der Waals surface area contributed by atoms with E-state index in [0.717, 1.165) is 27.1 Å². The molecule has 0 aliphatic heterocycles. The SMILES string of the molecule is COC(=O)/C=C/c1c2ccccc2cc2ccccc12. The van der Waals surface area contributed by atoms with Crippen LogP contribution in [0.15, 0.2) is 60.7 Å². The van der Waals surface area contributed by atoms with Crippen LogP contribution in [0.3, 0.4) is 0 Å². The van der Waals surface area contributed by atoms with Crippen molar-refractivity contribution in [3.05, 3.63) is 66.2 Å². The molecule has 0 radical (unpaired) electrons. The molecule has 3 aromatic rings. The molecule has 0 atom stereocenters. The average molecular weight is 262 g/mol. The van der Waals surface area contributed by atoms with Crippen LogP contribution in [0, 0.1) is 0 Å². The van der Waals surface area contributed by atoms with E-state index in [1.165, 1.54) is 13.2 Å². The molecule has 3 aromatic carbocycles. The Morgan fingerprint density at radius 2 is 1.50 bits per heavy atom. The summed E-state index contributed by atoms with van der Waals surface area (Å²) in [5.74, 6) is -0.345. The number of fused-ring (bicyclic) bond motifs is 2. The molecule has 0 amide bonds. The summed E-state index contributed by atoms with van der Waals surface area (Å²) in [6, 6.07) is 18.5. The lowest BCUT2D eigenvalue weighted by atomic mass is 9.96. The maximum Gasteiger partial charge on any atom is 0.330 e. The highest BCUT2D eigenvalue weighted by molar-refractivity contribution is 6.07. The second-order valence-corrected chi connectivity index (χ2v) is 4.59. The summed E-state index contributed by atoms with van der Waals surface area (Å²) < 4.78 is 4.67. The van der Waals surface area contributed by atoms with E-state index in [0.29, 0.717) is 0 Å². The fraction of sp³-hybridized carbons (Fsp3) is 0.0556. The largest absolute Gasteiger partial charge is 0.466 e. The number of rotatable bonds is 2. The highest BCUT2D eigenvalue weighted by Gasteiger charge is 2.05. The highest BCUT2D eigenvalue weighted by Crippen LogP contribution is 2.29. The zero-order valence-corrected chi connectivity index (χ0v) is 11.2. The molecular weight excluding hydrogens is 248 g/mol. The van der Waals surface area contributed by atoms with Crippen LogP contribution < -0.4 is 0 Å². The van der Waals surface area contributed by atoms with Gasteiger partial charge >= 0.3 is 5.97 Å². The Morgan fingerprint density at radius 3 is 2.05 bits per heavy atom. The molecule has 2 nitrogen and oxygen atoms in total. The van der Waals surface area contributed by atoms with Gasteiger partial charge in [-0.3, -0.25) is 0 Å². The van der Waals surface area contributed by atoms with Crippen molar-refractivity contribution >= 4 is 33.6 Å². The predicted octanol–water partition coefficient (Wildman–Crippen LogP) is 4.18. The first-order valence-electron chi connectivity index (χ1n) is 6.46. The molecule has 0 saturated carbocycles. The summed E-state index contributed by atoms with van der Waals surface area (Å²) in [5.41, 5.74) is 1.05. The van der Waals surface area contributed by atoms with Crippen LogP contribution in [0.5, 0.6) is 0 Å². The lowest BCUT2D eigenvalue weighted by Crippen LogP contribution is -1.93. The molecule has 0 saturated heterocycles. The van der Waals surface area contributed by atoms with E-state index in [1.54, 1.807) is 0 Å². The van der Waals surface area contributed by atoms with Gasteiger partial charge in [0.05, 0.1) is 7.11 Å². The minimum atomic E-state index is -0.345. The molecular formula is C18H14O2. The number of hydrogen-bond donors (Lipinski definition) is 0. The van der Waals surface area contributed by atoms with Gasteiger partial charge in [0, 0.05) is 6.08 Å². The minimum Gasteiger partial charge on any atom is -0.466 e. The Morgan fingerprint density at radius 1 is 0.950 bits per heavy atom. The van der Waals surface area contributed by atoms with E-state index in [-0.39, 0.29) is 5.97 Å². The zero-order valence-electron chi connectivity index (χ0n) is 11.2. The molecule has 0 heterocycles. The predicted molar refractivity (Wildman–Crippen MR) is 82.5 cm³/mol. The number of carbonyl (C=O) groups excluding carboxylic acids is 1. The quantitative estimate of drug-likeness (QED) is 0.393. The van der Waals surface area contributed by atoms with E-state index in [1.807, 2.05) is 30.3 Å². The second kappa shape index (κ2) is 5.17. The molecule has 3 rings (SSSR count). The van der Waals surface area contributed by atoms with Crippen LogP contribution in [-0.2, 0) is 9.53 Å². The standard InChI is InChI=1S/C18H14O2/c1-20-18(19)11-10-17-15-8-4-2-6-13(15)12-14-7-3-5-9-16(14)17/h2-12H,1H3/b11-10+. The molecule has 20 heavy (non-hydrogen) atoms. The van der Waals surface area contributed by atoms with Gasteiger partial charge in [-0.15, -0.1) is 0 Å². The first-order chi connectivity index (χ1) is 9.79. The first-order valence-corrected chi connectivity index (χ1v) is 6.46. The Bertz CT molecular complexity index is 762. The maximum absolute atomic E-state index is 11.3. The van der Waals surface area contributed by atoms with Crippen LogP contribution in [0.2, 0.25) is 0 Å². The number of benzene rings is 3. The van der Waals surface area contributed by atoms with Crippen molar-refractivity contribution in [3.8, 4) is 0 Å². The molecule has 0 unspecified atom stereocenters. The van der Waals surface area contributed by atoms with Crippen molar-refractivity contribution in [2.24, 2.45) is 0 Å². The number of carbonyl (C=O) groups is 1. The van der Waals surface area contributed by atoms with E-state index in [4.69, 9.17) is 0 Å². The number of ether oxygens (including phenoxy) is 1. The van der Waals surface area contributed by atoms with E-state index in [2.05, 4.69) is 35.1 Å². The summed E-state index contributed by atoms with van der Waals surface area (Å²) in [7, 11) is 1.38. The highest BCUT2D eigenvalue weighted by atomic mass is 16.5. The van der Waals surface area contributed by atoms with Gasteiger partial charge in [-0.25, -0.2) is 4.79 Å². The zero-order chi connectivity index (χ0) is 13.9. The van der Waals surface area contributed by atoms with Gasteiger partial charge in [0.25, 0.3) is 0 Å². The van der Waals surface area contributed by atoms with Crippen molar-refractivity contribution in [1.29, 1.82) is 0 Å². The lowest BCUT2D eigenvalue weighted by Gasteiger charge is -2.08. The first kappa shape index (κ1) is 12.4. The third kappa shape index (κ3) is 2.16. The summed E-state index contributed by atoms with van der Waals surface area (Å²) in [4.78, 5) is 11.3. The molecule has 0 aliphatic carbocycles. The van der Waals surface area contributed by atoms with Crippen molar-refractivity contribution in [2.75, 3.05) is 7.11 Å². The Hall–Kier alpha value is -2.61. The van der Waals surface area contributed by atoms with Crippen LogP contribution in [0.25, 0.3) is 27.6 Å². The fourth-order valence-corrected chi connectivity index (χ4v) is 2.45. The average Bonchev–Trinajstić information content (AvgIpc) is 2.51. The summed E-state index contributed by atoms with van der Waals surface area (Å²) >= 11 is 0. The van der Waals surface area contributed by atoms with Crippen LogP contribution in [0.4, 0.5) is 0 Å². The maximum atomic E-state index is 11.3. The summed E-state index contributed by atoms with van der Waals surface area (Å²) in [6.07, 6.45) is 3.30. The van der Waals surface area contributed by atoms with Gasteiger partial charge in [-0.2, -0.15) is 0 Å². The van der Waals surface area contributed by atoms with Crippen LogP contribution in [-0.4, -0.2) is 13.1 Å². The third-order valence-electron chi connectivity index (χ3n) is 3.40. The molecule has 0 aliphatic rings. The molecule has 98 valence electrons. The molecule has 0 spiro atoms. The van der Waals surface area contributed by atoms with Crippen molar-refractivity contribution < 1.29 is 9.53 Å². The topological polar surface area (TPSA) is 26.3 Å². The van der Waals surface area contributed by atoms with Gasteiger partial charge < -0.3 is 4.74 Å². The monoisotopic (exact) mass is 262 g/mol. The molecule has 0 fully saturated rings. The van der Waals surface area contributed by atoms with Crippen molar-refractivity contribution in [2.45, 2.75) is 0 Å². The Labute approximate surface area is 117 Å². The van der Waals surface area contributed by atoms with E-state index >= 15 is 0 Å². The molecule has 0 aromatic heterocycles. The third-order valence-corrected chi connectivity index (χ3v) is 3.40. The van der Waals surface area contributed by atoms with Gasteiger partial charge in [-0.1, -0.05) is 48.5 Å². The molecule has 0 bridgehead atoms. The van der Waals surface area contributed by atoms with E-state index in [9.17, 15) is 4.79 Å². The van der Waals surface area contributed by atoms with Crippen LogP contribution >= 0.6 is 0 Å².